The molecule has 1 aromatic carbocycles. The van der Waals surface area contributed by atoms with Gasteiger partial charge in [-0.15, -0.1) is 11.6 Å². The average Bonchev–Trinajstić information content (AvgIpc) is 2.94. The third-order valence-corrected chi connectivity index (χ3v) is 4.42. The Morgan fingerprint density at radius 1 is 1.53 bits per heavy atom. The largest absolute Gasteiger partial charge is 0.379 e. The zero-order valence-electron chi connectivity index (χ0n) is 10.8. The molecule has 2 aromatic rings. The molecule has 102 valence electrons. The minimum atomic E-state index is -0.0169. The van der Waals surface area contributed by atoms with Crippen molar-refractivity contribution in [3.8, 4) is 0 Å². The number of ether oxygens (including phenoxy) is 1. The van der Waals surface area contributed by atoms with Crippen LogP contribution in [-0.4, -0.2) is 28.6 Å². The monoisotopic (exact) mass is 342 g/mol. The minimum absolute atomic E-state index is 0.0169. The maximum Gasteiger partial charge on any atom is 0.111 e. The second kappa shape index (κ2) is 5.08. The summed E-state index contributed by atoms with van der Waals surface area (Å²) in [6.07, 6.45) is 1.80. The Labute approximate surface area is 126 Å². The van der Waals surface area contributed by atoms with Crippen molar-refractivity contribution in [3.63, 3.8) is 0 Å². The number of alkyl halides is 1. The van der Waals surface area contributed by atoms with E-state index in [2.05, 4.69) is 33.5 Å². The van der Waals surface area contributed by atoms with Crippen molar-refractivity contribution in [3.05, 3.63) is 28.5 Å². The van der Waals surface area contributed by atoms with Gasteiger partial charge in [-0.25, -0.2) is 4.98 Å². The van der Waals surface area contributed by atoms with Gasteiger partial charge in [0.2, 0.25) is 0 Å². The Morgan fingerprint density at radius 2 is 2.37 bits per heavy atom. The fourth-order valence-corrected chi connectivity index (χ4v) is 3.30. The number of benzene rings is 1. The van der Waals surface area contributed by atoms with Crippen molar-refractivity contribution < 1.29 is 4.74 Å². The topological polar surface area (TPSA) is 27.1 Å². The van der Waals surface area contributed by atoms with Gasteiger partial charge in [-0.2, -0.15) is 0 Å². The van der Waals surface area contributed by atoms with Crippen LogP contribution in [0.4, 0.5) is 0 Å². The van der Waals surface area contributed by atoms with Crippen molar-refractivity contribution in [2.45, 2.75) is 25.3 Å². The molecule has 1 aromatic heterocycles. The lowest BCUT2D eigenvalue weighted by Gasteiger charge is -2.27. The second-order valence-electron chi connectivity index (χ2n) is 5.23. The maximum atomic E-state index is 5.93. The molecule has 0 N–H and O–H groups in total. The lowest BCUT2D eigenvalue weighted by Crippen LogP contribution is -2.32. The molecule has 0 spiro atoms. The molecule has 1 aliphatic rings. The Kier molecular flexibility index (Phi) is 3.58. The lowest BCUT2D eigenvalue weighted by molar-refractivity contribution is 0.162. The molecule has 5 heteroatoms. The van der Waals surface area contributed by atoms with Crippen LogP contribution in [0.2, 0.25) is 0 Å². The van der Waals surface area contributed by atoms with E-state index >= 15 is 0 Å². The van der Waals surface area contributed by atoms with Crippen LogP contribution in [0.25, 0.3) is 11.0 Å². The van der Waals surface area contributed by atoms with E-state index in [0.717, 1.165) is 47.4 Å². The first-order valence-corrected chi connectivity index (χ1v) is 7.78. The molecule has 0 bridgehead atoms. The van der Waals surface area contributed by atoms with Gasteiger partial charge in [0.1, 0.15) is 5.82 Å². The number of fused-ring (bicyclic) bond motifs is 1. The molecule has 2 heterocycles. The van der Waals surface area contributed by atoms with Gasteiger partial charge >= 0.3 is 0 Å². The summed E-state index contributed by atoms with van der Waals surface area (Å²) < 4.78 is 9.00. The van der Waals surface area contributed by atoms with Crippen LogP contribution in [0, 0.1) is 0 Å². The molecular formula is C14H16BrClN2O. The van der Waals surface area contributed by atoms with Gasteiger partial charge in [0.15, 0.2) is 0 Å². The number of halogens is 2. The number of aryl methyl sites for hydroxylation is 1. The minimum Gasteiger partial charge on any atom is -0.379 e. The van der Waals surface area contributed by atoms with Crippen LogP contribution in [0.3, 0.4) is 0 Å². The molecule has 3 rings (SSSR count). The molecule has 0 aliphatic carbocycles. The number of hydrogen-bond acceptors (Lipinski definition) is 2. The first kappa shape index (κ1) is 13.4. The number of hydrogen-bond donors (Lipinski definition) is 0. The summed E-state index contributed by atoms with van der Waals surface area (Å²) in [6, 6.07) is 6.20. The Morgan fingerprint density at radius 3 is 3.05 bits per heavy atom. The molecule has 0 radical (unpaired) electrons. The predicted octanol–water partition coefficient (Wildman–Crippen LogP) is 3.72. The Balaban J connectivity index is 2.23. The molecule has 0 saturated carbocycles. The van der Waals surface area contributed by atoms with E-state index in [1.807, 2.05) is 12.1 Å². The predicted molar refractivity (Wildman–Crippen MR) is 80.9 cm³/mol. The maximum absolute atomic E-state index is 5.93. The summed E-state index contributed by atoms with van der Waals surface area (Å²) in [6.45, 7) is 3.78. The highest BCUT2D eigenvalue weighted by atomic mass is 79.9. The molecule has 1 atom stereocenters. The van der Waals surface area contributed by atoms with Crippen LogP contribution in [-0.2, 0) is 16.7 Å². The molecule has 19 heavy (non-hydrogen) atoms. The highest BCUT2D eigenvalue weighted by Crippen LogP contribution is 2.33. The number of imidazole rings is 1. The van der Waals surface area contributed by atoms with E-state index in [1.165, 1.54) is 0 Å². The van der Waals surface area contributed by atoms with Crippen LogP contribution in [0.15, 0.2) is 22.7 Å². The van der Waals surface area contributed by atoms with Gasteiger partial charge in [0.05, 0.1) is 23.2 Å². The fourth-order valence-electron chi connectivity index (χ4n) is 2.79. The standard InChI is InChI=1S/C14H16BrClN2O/c1-14(5-7-19-9-14)18-12-8-10(15)2-3-11(12)17-13(18)4-6-16/h2-3,8H,4-7,9H2,1H3. The lowest BCUT2D eigenvalue weighted by atomic mass is 10.0. The first-order chi connectivity index (χ1) is 9.14. The molecular weight excluding hydrogens is 328 g/mol. The van der Waals surface area contributed by atoms with E-state index in [0.29, 0.717) is 5.88 Å². The molecule has 1 saturated heterocycles. The number of aromatic nitrogens is 2. The summed E-state index contributed by atoms with van der Waals surface area (Å²) in [4.78, 5) is 4.74. The SMILES string of the molecule is CC1(n2c(CCCl)nc3ccc(Br)cc32)CCOC1. The van der Waals surface area contributed by atoms with Crippen molar-refractivity contribution in [2.75, 3.05) is 19.1 Å². The van der Waals surface area contributed by atoms with E-state index in [4.69, 9.17) is 21.3 Å². The summed E-state index contributed by atoms with van der Waals surface area (Å²) >= 11 is 9.47. The van der Waals surface area contributed by atoms with Gasteiger partial charge < -0.3 is 9.30 Å². The van der Waals surface area contributed by atoms with Gasteiger partial charge in [-0.05, 0) is 31.5 Å². The van der Waals surface area contributed by atoms with E-state index in [-0.39, 0.29) is 5.54 Å². The third-order valence-electron chi connectivity index (χ3n) is 3.74. The van der Waals surface area contributed by atoms with Gasteiger partial charge in [-0.1, -0.05) is 15.9 Å². The quantitative estimate of drug-likeness (QED) is 0.794. The van der Waals surface area contributed by atoms with Gasteiger partial charge in [-0.3, -0.25) is 0 Å². The van der Waals surface area contributed by atoms with Crippen LogP contribution >= 0.6 is 27.5 Å². The fraction of sp³-hybridized carbons (Fsp3) is 0.500. The number of rotatable bonds is 3. The van der Waals surface area contributed by atoms with Crippen LogP contribution < -0.4 is 0 Å². The summed E-state index contributed by atoms with van der Waals surface area (Å²) in [5, 5.41) is 0. The third kappa shape index (κ3) is 2.30. The summed E-state index contributed by atoms with van der Waals surface area (Å²) in [5.41, 5.74) is 2.16. The van der Waals surface area contributed by atoms with Crippen LogP contribution in [0.1, 0.15) is 19.2 Å². The van der Waals surface area contributed by atoms with E-state index < -0.39 is 0 Å². The van der Waals surface area contributed by atoms with Gasteiger partial charge in [0.25, 0.3) is 0 Å². The average molecular weight is 344 g/mol. The Bertz CT molecular complexity index is 605. The summed E-state index contributed by atoms with van der Waals surface area (Å²) in [7, 11) is 0. The summed E-state index contributed by atoms with van der Waals surface area (Å²) in [5.74, 6) is 1.64. The molecule has 3 nitrogen and oxygen atoms in total. The molecule has 0 amide bonds. The zero-order valence-corrected chi connectivity index (χ0v) is 13.2. The smallest absolute Gasteiger partial charge is 0.111 e. The van der Waals surface area contributed by atoms with Crippen molar-refractivity contribution >= 4 is 38.6 Å². The Hall–Kier alpha value is -0.580. The van der Waals surface area contributed by atoms with Crippen molar-refractivity contribution in [1.29, 1.82) is 0 Å². The van der Waals surface area contributed by atoms with Crippen LogP contribution in [0.5, 0.6) is 0 Å². The first-order valence-electron chi connectivity index (χ1n) is 6.45. The second-order valence-corrected chi connectivity index (χ2v) is 6.53. The van der Waals surface area contributed by atoms with Gasteiger partial charge in [0, 0.05) is 23.4 Å². The highest BCUT2D eigenvalue weighted by Gasteiger charge is 2.34. The van der Waals surface area contributed by atoms with Crippen molar-refractivity contribution in [1.82, 2.24) is 9.55 Å². The number of nitrogens with zero attached hydrogens (tertiary/aromatic N) is 2. The molecule has 1 aliphatic heterocycles. The van der Waals surface area contributed by atoms with E-state index in [1.54, 1.807) is 0 Å². The van der Waals surface area contributed by atoms with Crippen molar-refractivity contribution in [2.24, 2.45) is 0 Å². The van der Waals surface area contributed by atoms with E-state index in [9.17, 15) is 0 Å². The molecule has 1 unspecified atom stereocenters. The zero-order chi connectivity index (χ0) is 13.5. The molecule has 1 fully saturated rings. The normalized spacial score (nSPS) is 23.3. The highest BCUT2D eigenvalue weighted by molar-refractivity contribution is 9.10.